The Hall–Kier alpha value is -1.30. The van der Waals surface area contributed by atoms with Crippen molar-refractivity contribution in [2.24, 2.45) is 22.2 Å². The topological polar surface area (TPSA) is 66.0 Å². The summed E-state index contributed by atoms with van der Waals surface area (Å²) >= 11 is 0. The van der Waals surface area contributed by atoms with Gasteiger partial charge in [-0.25, -0.2) is 0 Å². The van der Waals surface area contributed by atoms with E-state index in [1.165, 1.54) is 32.1 Å². The number of carbonyl (C=O) groups excluding carboxylic acids is 1. The zero-order valence-electron chi connectivity index (χ0n) is 16.5. The minimum atomic E-state index is 0.0719. The van der Waals surface area contributed by atoms with Crippen LogP contribution in [0.15, 0.2) is 4.99 Å². The van der Waals surface area contributed by atoms with Gasteiger partial charge in [-0.15, -0.1) is 0 Å². The van der Waals surface area contributed by atoms with Gasteiger partial charge in [0.05, 0.1) is 6.10 Å². The van der Waals surface area contributed by atoms with Crippen molar-refractivity contribution in [2.45, 2.75) is 70.6 Å². The van der Waals surface area contributed by atoms with Crippen LogP contribution in [0.4, 0.5) is 0 Å². The Morgan fingerprint density at radius 2 is 2.00 bits per heavy atom. The summed E-state index contributed by atoms with van der Waals surface area (Å²) in [6.45, 7) is 6.49. The number of rotatable bonds is 3. The van der Waals surface area contributed by atoms with Crippen molar-refractivity contribution >= 4 is 11.9 Å². The lowest BCUT2D eigenvalue weighted by Gasteiger charge is -2.57. The first kappa shape index (κ1) is 18.1. The summed E-state index contributed by atoms with van der Waals surface area (Å²) in [6, 6.07) is 0.776. The van der Waals surface area contributed by atoms with E-state index in [0.29, 0.717) is 29.5 Å². The highest BCUT2D eigenvalue weighted by molar-refractivity contribution is 5.81. The van der Waals surface area contributed by atoms with Crippen LogP contribution < -0.4 is 10.6 Å². The highest BCUT2D eigenvalue weighted by Gasteiger charge is 2.65. The molecule has 6 nitrogen and oxygen atoms in total. The molecular weight excluding hydrogens is 328 g/mol. The van der Waals surface area contributed by atoms with E-state index < -0.39 is 0 Å². The molecule has 4 atom stereocenters. The largest absolute Gasteiger partial charge is 0.377 e. The van der Waals surface area contributed by atoms with E-state index >= 15 is 0 Å². The molecule has 0 aromatic carbocycles. The number of likely N-dealkylation sites (tertiary alicyclic amines) is 1. The maximum absolute atomic E-state index is 12.2. The van der Waals surface area contributed by atoms with Crippen molar-refractivity contribution < 1.29 is 9.53 Å². The summed E-state index contributed by atoms with van der Waals surface area (Å²) in [5, 5.41) is 7.34. The molecule has 4 aliphatic rings. The fourth-order valence-corrected chi connectivity index (χ4v) is 5.86. The van der Waals surface area contributed by atoms with Gasteiger partial charge in [-0.2, -0.15) is 0 Å². The Labute approximate surface area is 157 Å². The number of guanidine groups is 1. The molecule has 0 radical (unpaired) electrons. The number of hydrogen-bond acceptors (Lipinski definition) is 3. The number of fused-ring (bicyclic) bond motifs is 2. The average Bonchev–Trinajstić information content (AvgIpc) is 3.37. The Morgan fingerprint density at radius 1 is 1.23 bits per heavy atom. The van der Waals surface area contributed by atoms with Gasteiger partial charge in [0.2, 0.25) is 5.91 Å². The Bertz CT molecular complexity index is 570. The normalized spacial score (nSPS) is 35.7. The summed E-state index contributed by atoms with van der Waals surface area (Å²) in [5.74, 6) is 1.86. The first-order chi connectivity index (χ1) is 12.5. The van der Waals surface area contributed by atoms with Crippen molar-refractivity contribution in [3.63, 3.8) is 0 Å². The van der Waals surface area contributed by atoms with Crippen molar-refractivity contribution in [1.82, 2.24) is 15.5 Å². The summed E-state index contributed by atoms with van der Waals surface area (Å²) in [5.41, 5.74) is 0.327. The van der Waals surface area contributed by atoms with Gasteiger partial charge < -0.3 is 20.3 Å². The van der Waals surface area contributed by atoms with E-state index in [1.54, 1.807) is 0 Å². The average molecular weight is 363 g/mol. The third-order valence-corrected chi connectivity index (χ3v) is 7.14. The van der Waals surface area contributed by atoms with Crippen LogP contribution in [0.3, 0.4) is 0 Å². The lowest BCUT2D eigenvalue weighted by Crippen LogP contribution is -2.69. The third-order valence-electron chi connectivity index (χ3n) is 7.14. The van der Waals surface area contributed by atoms with Crippen LogP contribution in [0.2, 0.25) is 0 Å². The second-order valence-corrected chi connectivity index (χ2v) is 8.95. The molecule has 146 valence electrons. The number of ether oxygens (including phenoxy) is 1. The Kier molecular flexibility index (Phi) is 4.88. The molecule has 4 fully saturated rings. The zero-order chi connectivity index (χ0) is 18.3. The minimum absolute atomic E-state index is 0.0719. The molecule has 4 rings (SSSR count). The summed E-state index contributed by atoms with van der Waals surface area (Å²) in [4.78, 5) is 18.7. The number of nitrogens with zero attached hydrogens (tertiary/aromatic N) is 2. The maximum atomic E-state index is 12.2. The number of nitrogens with one attached hydrogen (secondary N) is 2. The van der Waals surface area contributed by atoms with Crippen LogP contribution in [0.5, 0.6) is 0 Å². The molecule has 2 saturated heterocycles. The lowest BCUT2D eigenvalue weighted by molar-refractivity contribution is -0.133. The monoisotopic (exact) mass is 362 g/mol. The van der Waals surface area contributed by atoms with Gasteiger partial charge >= 0.3 is 0 Å². The molecule has 0 aromatic rings. The van der Waals surface area contributed by atoms with E-state index in [-0.39, 0.29) is 11.8 Å². The molecule has 2 aliphatic heterocycles. The van der Waals surface area contributed by atoms with Crippen LogP contribution in [0.25, 0.3) is 0 Å². The van der Waals surface area contributed by atoms with Gasteiger partial charge in [-0.05, 0) is 25.7 Å². The predicted molar refractivity (Wildman–Crippen MR) is 102 cm³/mol. The quantitative estimate of drug-likeness (QED) is 0.593. The van der Waals surface area contributed by atoms with Gasteiger partial charge in [0.1, 0.15) is 0 Å². The van der Waals surface area contributed by atoms with Gasteiger partial charge in [0.15, 0.2) is 5.96 Å². The van der Waals surface area contributed by atoms with Gasteiger partial charge in [0, 0.05) is 56.1 Å². The van der Waals surface area contributed by atoms with E-state index in [9.17, 15) is 4.79 Å². The highest BCUT2D eigenvalue weighted by Crippen LogP contribution is 2.60. The molecule has 26 heavy (non-hydrogen) atoms. The standard InChI is InChI=1S/C20H34N4O2/c1-13(2)18(25)24-10-6-14(12-24)22-19(21-3)23-16-15-7-11-26-17(15)20(16)8-4-5-9-20/h13-17H,4-12H2,1-3H3,(H2,21,22,23). The van der Waals surface area contributed by atoms with Crippen LogP contribution in [0.1, 0.15) is 52.4 Å². The smallest absolute Gasteiger partial charge is 0.225 e. The molecule has 2 heterocycles. The third kappa shape index (κ3) is 2.90. The van der Waals surface area contributed by atoms with E-state index in [4.69, 9.17) is 4.74 Å². The predicted octanol–water partition coefficient (Wildman–Crippen LogP) is 1.76. The number of hydrogen-bond donors (Lipinski definition) is 2. The minimum Gasteiger partial charge on any atom is -0.377 e. The Morgan fingerprint density at radius 3 is 2.69 bits per heavy atom. The SMILES string of the molecule is CN=C(NC1CCN(C(=O)C(C)C)C1)NC1C2CCOC2C12CCCC2. The fourth-order valence-electron chi connectivity index (χ4n) is 5.86. The summed E-state index contributed by atoms with van der Waals surface area (Å²) in [6.07, 6.45) is 7.83. The van der Waals surface area contributed by atoms with Crippen LogP contribution >= 0.6 is 0 Å². The lowest BCUT2D eigenvalue weighted by atomic mass is 9.54. The van der Waals surface area contributed by atoms with Gasteiger partial charge in [-0.1, -0.05) is 26.7 Å². The second-order valence-electron chi connectivity index (χ2n) is 8.95. The maximum Gasteiger partial charge on any atom is 0.225 e. The number of aliphatic imine (C=N–C) groups is 1. The molecule has 6 heteroatoms. The molecule has 1 spiro atoms. The molecule has 2 N–H and O–H groups in total. The second kappa shape index (κ2) is 7.02. The van der Waals surface area contributed by atoms with Crippen LogP contribution in [-0.2, 0) is 9.53 Å². The highest BCUT2D eigenvalue weighted by atomic mass is 16.5. The molecule has 4 unspecified atom stereocenters. The Balaban J connectivity index is 1.36. The fraction of sp³-hybridized carbons (Fsp3) is 0.900. The van der Waals surface area contributed by atoms with Crippen LogP contribution in [0, 0.1) is 17.3 Å². The molecule has 2 saturated carbocycles. The van der Waals surface area contributed by atoms with Crippen molar-refractivity contribution in [1.29, 1.82) is 0 Å². The molecule has 2 aliphatic carbocycles. The summed E-state index contributed by atoms with van der Waals surface area (Å²) in [7, 11) is 1.85. The van der Waals surface area contributed by atoms with E-state index in [0.717, 1.165) is 32.1 Å². The van der Waals surface area contributed by atoms with Gasteiger partial charge in [0.25, 0.3) is 0 Å². The van der Waals surface area contributed by atoms with Gasteiger partial charge in [-0.3, -0.25) is 9.79 Å². The molecule has 0 aromatic heterocycles. The first-order valence-corrected chi connectivity index (χ1v) is 10.5. The van der Waals surface area contributed by atoms with Crippen molar-refractivity contribution in [3.05, 3.63) is 0 Å². The van der Waals surface area contributed by atoms with Crippen molar-refractivity contribution in [3.8, 4) is 0 Å². The molecular formula is C20H34N4O2. The van der Waals surface area contributed by atoms with E-state index in [2.05, 4.69) is 15.6 Å². The number of amides is 1. The molecule has 1 amide bonds. The van der Waals surface area contributed by atoms with Crippen molar-refractivity contribution in [2.75, 3.05) is 26.7 Å². The van der Waals surface area contributed by atoms with Crippen LogP contribution in [-0.4, -0.2) is 61.7 Å². The summed E-state index contributed by atoms with van der Waals surface area (Å²) < 4.78 is 6.09. The first-order valence-electron chi connectivity index (χ1n) is 10.5. The van der Waals surface area contributed by atoms with E-state index in [1.807, 2.05) is 25.8 Å². The zero-order valence-corrected chi connectivity index (χ0v) is 16.5. The molecule has 0 bridgehead atoms. The number of carbonyl (C=O) groups is 1.